The van der Waals surface area contributed by atoms with Gasteiger partial charge in [0.15, 0.2) is 0 Å². The number of carbonyl (C=O) groups excluding carboxylic acids is 3. The van der Waals surface area contributed by atoms with Gasteiger partial charge >= 0.3 is 24.0 Å². The van der Waals surface area contributed by atoms with Crippen LogP contribution in [0.2, 0.25) is 0 Å². The Morgan fingerprint density at radius 1 is 0.631 bits per heavy atom. The van der Waals surface area contributed by atoms with Gasteiger partial charge in [0.1, 0.15) is 22.5 Å². The van der Waals surface area contributed by atoms with E-state index in [0.717, 1.165) is 68.9 Å². The molecule has 0 bridgehead atoms. The SMILES string of the molecule is CC(C)(C)OC(=O)N[C@@H]1CCN(c2ccccc2N)C1.CC(C)(C)OC(=O)N[C@@H]1CCN(c2ccccc2[N+](=O)[O-])C1.CC(C)(C)OC(=O)N[C@@H]1CCNC1.O=[N+]([O-])c1ccccc1F. The summed E-state index contributed by atoms with van der Waals surface area (Å²) in [4.78, 5) is 58.8. The Bertz CT molecular complexity index is 2050. The number of nitrogens with one attached hydrogen (secondary N) is 4. The van der Waals surface area contributed by atoms with E-state index in [-0.39, 0.29) is 40.9 Å². The second-order valence-corrected chi connectivity index (χ2v) is 18.5. The minimum atomic E-state index is -0.799. The van der Waals surface area contributed by atoms with Gasteiger partial charge in [-0.15, -0.1) is 0 Å². The van der Waals surface area contributed by atoms with Gasteiger partial charge < -0.3 is 51.0 Å². The number of nitrogens with zero attached hydrogens (tertiary/aromatic N) is 4. The Balaban J connectivity index is 0.000000240. The number of rotatable bonds is 7. The molecule has 3 aromatic rings. The molecule has 3 atom stereocenters. The van der Waals surface area contributed by atoms with Crippen LogP contribution in [0.4, 0.5) is 47.2 Å². The lowest BCUT2D eigenvalue weighted by Crippen LogP contribution is -2.40. The summed E-state index contributed by atoms with van der Waals surface area (Å²) >= 11 is 0. The number of nitro benzene ring substituents is 2. The minimum absolute atomic E-state index is 0.0744. The summed E-state index contributed by atoms with van der Waals surface area (Å²) in [5, 5.41) is 32.8. The van der Waals surface area contributed by atoms with Crippen molar-refractivity contribution in [3.8, 4) is 0 Å². The molecule has 3 aromatic carbocycles. The van der Waals surface area contributed by atoms with E-state index in [9.17, 15) is 39.0 Å². The molecular formula is C45H66FN9O10. The van der Waals surface area contributed by atoms with Crippen molar-refractivity contribution in [1.82, 2.24) is 21.3 Å². The van der Waals surface area contributed by atoms with E-state index in [1.165, 1.54) is 18.2 Å². The molecule has 3 heterocycles. The average Bonchev–Trinajstić information content (AvgIpc) is 3.97. The maximum absolute atomic E-state index is 12.4. The number of nitrogen functional groups attached to an aromatic ring is 1. The Hall–Kier alpha value is -6.44. The molecule has 0 aromatic heterocycles. The summed E-state index contributed by atoms with van der Waals surface area (Å²) in [5.74, 6) is -0.799. The van der Waals surface area contributed by atoms with Crippen LogP contribution >= 0.6 is 0 Å². The van der Waals surface area contributed by atoms with Crippen molar-refractivity contribution in [2.45, 2.75) is 117 Å². The first-order valence-corrected chi connectivity index (χ1v) is 21.5. The van der Waals surface area contributed by atoms with Crippen molar-refractivity contribution < 1.29 is 42.8 Å². The van der Waals surface area contributed by atoms with Crippen molar-refractivity contribution in [2.75, 3.05) is 54.8 Å². The highest BCUT2D eigenvalue weighted by molar-refractivity contribution is 5.71. The standard InChI is InChI=1S/C15H21N3O4.C15H23N3O2.C9H18N2O2.C6H4FNO2/c1-15(2,3)22-14(19)16-11-8-9-17(10-11)12-6-4-5-7-13(12)18(20)21;1-15(2,3)20-14(19)17-11-8-9-18(10-11)13-7-5-4-6-12(13)16;1-9(2,3)13-8(12)11-7-4-5-10-6-7;7-5-3-1-2-4-6(5)8(9)10/h4-7,11H,8-10H2,1-3H3,(H,16,19);4-7,11H,8-10,16H2,1-3H3,(H,17,19);7,10H,4-6H2,1-3H3,(H,11,12);1-4H/t2*11-;7-;/m111./s1. The number of nitrogens with two attached hydrogens (primary N) is 1. The summed E-state index contributed by atoms with van der Waals surface area (Å²) in [7, 11) is 0. The van der Waals surface area contributed by atoms with Crippen LogP contribution in [0, 0.1) is 26.0 Å². The Morgan fingerprint density at radius 2 is 1.03 bits per heavy atom. The second-order valence-electron chi connectivity index (χ2n) is 18.5. The summed E-state index contributed by atoms with van der Waals surface area (Å²) < 4.78 is 28.0. The van der Waals surface area contributed by atoms with Gasteiger partial charge in [-0.1, -0.05) is 36.4 Å². The molecule has 3 amide bonds. The monoisotopic (exact) mass is 911 g/mol. The molecule has 65 heavy (non-hydrogen) atoms. The molecule has 3 aliphatic rings. The van der Waals surface area contributed by atoms with Crippen LogP contribution in [-0.2, 0) is 14.2 Å². The van der Waals surface area contributed by atoms with Gasteiger partial charge in [-0.2, -0.15) is 4.39 Å². The lowest BCUT2D eigenvalue weighted by molar-refractivity contribution is -0.387. The highest BCUT2D eigenvalue weighted by Gasteiger charge is 2.30. The Labute approximate surface area is 380 Å². The summed E-state index contributed by atoms with van der Waals surface area (Å²) in [6, 6.07) is 19.7. The zero-order valence-corrected chi connectivity index (χ0v) is 38.9. The molecule has 0 unspecified atom stereocenters. The van der Waals surface area contributed by atoms with E-state index in [0.29, 0.717) is 18.8 Å². The number of hydrogen-bond donors (Lipinski definition) is 5. The first-order valence-electron chi connectivity index (χ1n) is 21.5. The van der Waals surface area contributed by atoms with E-state index in [1.54, 1.807) is 39.0 Å². The fourth-order valence-electron chi connectivity index (χ4n) is 6.66. The Morgan fingerprint density at radius 3 is 1.43 bits per heavy atom. The summed E-state index contributed by atoms with van der Waals surface area (Å²) in [6.45, 7) is 21.2. The summed E-state index contributed by atoms with van der Waals surface area (Å²) in [5.41, 5.74) is 6.54. The van der Waals surface area contributed by atoms with Gasteiger partial charge in [0.05, 0.1) is 33.3 Å². The minimum Gasteiger partial charge on any atom is -0.444 e. The zero-order valence-electron chi connectivity index (χ0n) is 38.9. The molecule has 6 rings (SSSR count). The predicted octanol–water partition coefficient (Wildman–Crippen LogP) is 7.68. The van der Waals surface area contributed by atoms with Crippen LogP contribution in [0.5, 0.6) is 0 Å². The summed E-state index contributed by atoms with van der Waals surface area (Å²) in [6.07, 6.45) is 1.48. The third-order valence-electron chi connectivity index (χ3n) is 9.35. The maximum atomic E-state index is 12.4. The molecule has 19 nitrogen and oxygen atoms in total. The third-order valence-corrected chi connectivity index (χ3v) is 9.35. The van der Waals surface area contributed by atoms with Gasteiger partial charge in [0, 0.05) is 50.9 Å². The lowest BCUT2D eigenvalue weighted by Gasteiger charge is -2.23. The largest absolute Gasteiger partial charge is 0.444 e. The molecule has 0 aliphatic carbocycles. The highest BCUT2D eigenvalue weighted by Crippen LogP contribution is 2.30. The van der Waals surface area contributed by atoms with Crippen LogP contribution in [-0.4, -0.2) is 102 Å². The van der Waals surface area contributed by atoms with Crippen LogP contribution in [0.1, 0.15) is 81.6 Å². The number of carbonyl (C=O) groups is 3. The van der Waals surface area contributed by atoms with Gasteiger partial charge in [0.2, 0.25) is 5.82 Å². The number of ether oxygens (including phenoxy) is 3. The first kappa shape index (κ1) is 52.9. The molecule has 358 valence electrons. The highest BCUT2D eigenvalue weighted by atomic mass is 19.1. The molecule has 3 fully saturated rings. The van der Waals surface area contributed by atoms with Crippen molar-refractivity contribution >= 4 is 46.7 Å². The number of alkyl carbamates (subject to hydrolysis) is 3. The Kier molecular flexibility index (Phi) is 19.5. The van der Waals surface area contributed by atoms with E-state index in [1.807, 2.05) is 70.7 Å². The molecule has 0 radical (unpaired) electrons. The molecule has 20 heteroatoms. The number of benzene rings is 3. The maximum Gasteiger partial charge on any atom is 0.407 e. The van der Waals surface area contributed by atoms with Gasteiger partial charge in [-0.3, -0.25) is 20.2 Å². The fourth-order valence-corrected chi connectivity index (χ4v) is 6.66. The first-order chi connectivity index (χ1) is 30.3. The van der Waals surface area contributed by atoms with Crippen LogP contribution in [0.25, 0.3) is 0 Å². The molecule has 3 saturated heterocycles. The van der Waals surface area contributed by atoms with Gasteiger partial charge in [-0.25, -0.2) is 14.4 Å². The van der Waals surface area contributed by atoms with Crippen LogP contribution < -0.4 is 36.8 Å². The van der Waals surface area contributed by atoms with Crippen LogP contribution in [0.15, 0.2) is 72.8 Å². The van der Waals surface area contributed by atoms with Crippen molar-refractivity contribution in [2.24, 2.45) is 0 Å². The number of nitro groups is 2. The normalized spacial score (nSPS) is 18.0. The smallest absolute Gasteiger partial charge is 0.407 e. The van der Waals surface area contributed by atoms with Crippen molar-refractivity contribution in [3.63, 3.8) is 0 Å². The number of anilines is 3. The second kappa shape index (κ2) is 24.0. The van der Waals surface area contributed by atoms with Crippen molar-refractivity contribution in [3.05, 3.63) is 98.8 Å². The fraction of sp³-hybridized carbons (Fsp3) is 0.533. The molecular weight excluding hydrogens is 846 g/mol. The topological polar surface area (TPSA) is 246 Å². The molecule has 0 saturated carbocycles. The van der Waals surface area contributed by atoms with E-state index in [2.05, 4.69) is 26.2 Å². The quantitative estimate of drug-likeness (QED) is 0.0661. The number of para-hydroxylation sites is 5. The predicted molar refractivity (Wildman–Crippen MR) is 248 cm³/mol. The number of hydrogen-bond acceptors (Lipinski definition) is 14. The van der Waals surface area contributed by atoms with E-state index < -0.39 is 39.3 Å². The molecule has 6 N–H and O–H groups in total. The van der Waals surface area contributed by atoms with E-state index >= 15 is 0 Å². The van der Waals surface area contributed by atoms with E-state index in [4.69, 9.17) is 19.9 Å². The van der Waals surface area contributed by atoms with Gasteiger partial charge in [-0.05, 0) is 112 Å². The van der Waals surface area contributed by atoms with Gasteiger partial charge in [0.25, 0.3) is 5.69 Å². The lowest BCUT2D eigenvalue weighted by atomic mass is 10.2. The van der Waals surface area contributed by atoms with Crippen molar-refractivity contribution in [1.29, 1.82) is 0 Å². The van der Waals surface area contributed by atoms with Crippen LogP contribution in [0.3, 0.4) is 0 Å². The third kappa shape index (κ3) is 19.9. The number of amides is 3. The number of halogens is 1. The zero-order chi connectivity index (χ0) is 48.5. The molecule has 3 aliphatic heterocycles. The molecule has 0 spiro atoms. The average molecular weight is 912 g/mol.